The molecule has 3 aromatic rings. The summed E-state index contributed by atoms with van der Waals surface area (Å²) in [6.07, 6.45) is 4.33. The Morgan fingerprint density at radius 3 is 2.58 bits per heavy atom. The fraction of sp³-hybridized carbons (Fsp3) is 0.280. The number of aromatic nitrogens is 1. The van der Waals surface area contributed by atoms with E-state index in [4.69, 9.17) is 13.9 Å². The fourth-order valence-corrected chi connectivity index (χ4v) is 4.40. The number of para-hydroxylation sites is 2. The van der Waals surface area contributed by atoms with Crippen LogP contribution in [0.2, 0.25) is 0 Å². The molecule has 8 nitrogen and oxygen atoms in total. The minimum absolute atomic E-state index is 0.00867. The molecule has 1 aromatic heterocycles. The molecule has 5 rings (SSSR count). The van der Waals surface area contributed by atoms with Gasteiger partial charge in [-0.3, -0.25) is 4.79 Å². The van der Waals surface area contributed by atoms with Gasteiger partial charge >= 0.3 is 0 Å². The molecule has 1 fully saturated rings. The number of hydrogen-bond donors (Lipinski definition) is 1. The number of carbonyl (C=O) groups is 1. The maximum absolute atomic E-state index is 13.3. The number of ether oxygens (including phenoxy) is 2. The van der Waals surface area contributed by atoms with Crippen LogP contribution in [0.15, 0.2) is 65.3 Å². The molecule has 1 N–H and O–H groups in total. The summed E-state index contributed by atoms with van der Waals surface area (Å²) < 4.78 is 16.9. The molecule has 2 aromatic carbocycles. The van der Waals surface area contributed by atoms with Crippen molar-refractivity contribution in [1.82, 2.24) is 20.3 Å². The van der Waals surface area contributed by atoms with E-state index in [1.54, 1.807) is 25.3 Å². The van der Waals surface area contributed by atoms with Gasteiger partial charge in [0.25, 0.3) is 5.91 Å². The van der Waals surface area contributed by atoms with E-state index >= 15 is 0 Å². The molecule has 8 heteroatoms. The van der Waals surface area contributed by atoms with Crippen molar-refractivity contribution in [2.75, 3.05) is 14.2 Å². The van der Waals surface area contributed by atoms with Crippen molar-refractivity contribution >= 4 is 5.91 Å². The Bertz CT molecular complexity index is 1200. The van der Waals surface area contributed by atoms with Gasteiger partial charge in [0.1, 0.15) is 29.0 Å². The average molecular weight is 447 g/mol. The molecule has 0 saturated carbocycles. The zero-order valence-electron chi connectivity index (χ0n) is 18.8. The average Bonchev–Trinajstić information content (AvgIpc) is 3.45. The van der Waals surface area contributed by atoms with Crippen molar-refractivity contribution in [3.63, 3.8) is 0 Å². The van der Waals surface area contributed by atoms with Gasteiger partial charge in [0.15, 0.2) is 0 Å². The molecule has 33 heavy (non-hydrogen) atoms. The summed E-state index contributed by atoms with van der Waals surface area (Å²) in [5.74, 6) is 2.67. The minimum atomic E-state index is -0.300. The van der Waals surface area contributed by atoms with Crippen molar-refractivity contribution in [2.24, 2.45) is 0 Å². The van der Waals surface area contributed by atoms with Crippen molar-refractivity contribution < 1.29 is 18.7 Å². The van der Waals surface area contributed by atoms with Crippen LogP contribution in [-0.2, 0) is 11.3 Å². The second kappa shape index (κ2) is 8.63. The van der Waals surface area contributed by atoms with E-state index in [0.29, 0.717) is 30.4 Å². The van der Waals surface area contributed by atoms with Gasteiger partial charge in [-0.1, -0.05) is 30.3 Å². The predicted molar refractivity (Wildman–Crippen MR) is 122 cm³/mol. The fourth-order valence-electron chi connectivity index (χ4n) is 4.40. The van der Waals surface area contributed by atoms with Gasteiger partial charge in [0.2, 0.25) is 5.89 Å². The third kappa shape index (κ3) is 3.82. The third-order valence-electron chi connectivity index (χ3n) is 6.14. The number of hydrogen-bond acceptors (Lipinski definition) is 7. The Balaban J connectivity index is 1.34. The van der Waals surface area contributed by atoms with Crippen LogP contribution in [0.5, 0.6) is 11.5 Å². The summed E-state index contributed by atoms with van der Waals surface area (Å²) >= 11 is 0. The maximum Gasteiger partial charge on any atom is 0.251 e. The third-order valence-corrected chi connectivity index (χ3v) is 6.14. The second-order valence-electron chi connectivity index (χ2n) is 8.07. The molecular weight excluding hydrogens is 420 g/mol. The lowest BCUT2D eigenvalue weighted by Gasteiger charge is -2.31. The van der Waals surface area contributed by atoms with Gasteiger partial charge in [-0.25, -0.2) is 10.4 Å². The van der Waals surface area contributed by atoms with Gasteiger partial charge in [-0.15, -0.1) is 0 Å². The molecule has 0 aliphatic carbocycles. The van der Waals surface area contributed by atoms with Crippen LogP contribution in [0.4, 0.5) is 0 Å². The number of carbonyl (C=O) groups excluding carboxylic acids is 1. The first-order valence-electron chi connectivity index (χ1n) is 10.8. The molecule has 1 amide bonds. The standard InChI is InChI=1S/C25H26N4O4/c1-16-20(26-24(33-16)18-9-5-7-11-23(18)32-3)15-28-12-13-29-21(25(28)30)14-19(27-29)17-8-4-6-10-22(17)31-2/h4-13,19,21,27H,14-15H2,1-3H3. The first kappa shape index (κ1) is 21.1. The molecule has 1 saturated heterocycles. The SMILES string of the molecule is COc1ccccc1-c1nc(CN2C=CN3NC(c4ccccc4OC)CC3C2=O)c(C)o1. The largest absolute Gasteiger partial charge is 0.496 e. The minimum Gasteiger partial charge on any atom is -0.496 e. The number of benzene rings is 2. The van der Waals surface area contributed by atoms with Crippen LogP contribution in [0, 0.1) is 6.92 Å². The van der Waals surface area contributed by atoms with E-state index in [1.807, 2.05) is 66.7 Å². The highest BCUT2D eigenvalue weighted by molar-refractivity contribution is 5.84. The number of hydrazine groups is 1. The quantitative estimate of drug-likeness (QED) is 0.617. The number of amides is 1. The Kier molecular flexibility index (Phi) is 5.51. The Morgan fingerprint density at radius 2 is 1.79 bits per heavy atom. The Morgan fingerprint density at radius 1 is 1.06 bits per heavy atom. The zero-order valence-corrected chi connectivity index (χ0v) is 18.8. The van der Waals surface area contributed by atoms with Crippen LogP contribution >= 0.6 is 0 Å². The highest BCUT2D eigenvalue weighted by Gasteiger charge is 2.41. The normalized spacial score (nSPS) is 19.7. The first-order chi connectivity index (χ1) is 16.1. The van der Waals surface area contributed by atoms with Crippen molar-refractivity contribution in [3.8, 4) is 23.0 Å². The number of nitrogens with zero attached hydrogens (tertiary/aromatic N) is 3. The van der Waals surface area contributed by atoms with Crippen LogP contribution in [0.25, 0.3) is 11.5 Å². The van der Waals surface area contributed by atoms with E-state index in [1.165, 1.54) is 0 Å². The van der Waals surface area contributed by atoms with E-state index in [9.17, 15) is 4.79 Å². The van der Waals surface area contributed by atoms with Crippen molar-refractivity contribution in [3.05, 3.63) is 77.9 Å². The summed E-state index contributed by atoms with van der Waals surface area (Å²) in [6.45, 7) is 2.20. The molecule has 2 atom stereocenters. The van der Waals surface area contributed by atoms with Gasteiger partial charge in [-0.2, -0.15) is 0 Å². The second-order valence-corrected chi connectivity index (χ2v) is 8.07. The Hall–Kier alpha value is -3.78. The summed E-state index contributed by atoms with van der Waals surface area (Å²) in [5, 5.41) is 1.88. The molecular formula is C25H26N4O4. The first-order valence-corrected chi connectivity index (χ1v) is 10.8. The molecule has 2 aliphatic rings. The van der Waals surface area contributed by atoms with Gasteiger partial charge in [0.05, 0.1) is 32.4 Å². The van der Waals surface area contributed by atoms with E-state index in [0.717, 1.165) is 22.6 Å². The van der Waals surface area contributed by atoms with Crippen molar-refractivity contribution in [2.45, 2.75) is 32.0 Å². The maximum atomic E-state index is 13.3. The molecule has 0 spiro atoms. The lowest BCUT2D eigenvalue weighted by atomic mass is 10.00. The molecule has 0 bridgehead atoms. The van der Waals surface area contributed by atoms with E-state index in [2.05, 4.69) is 10.4 Å². The number of rotatable bonds is 6. The lowest BCUT2D eigenvalue weighted by Crippen LogP contribution is -2.47. The van der Waals surface area contributed by atoms with Gasteiger partial charge in [-0.05, 0) is 31.5 Å². The molecule has 170 valence electrons. The Labute approximate surface area is 192 Å². The van der Waals surface area contributed by atoms with Crippen LogP contribution in [-0.4, -0.2) is 41.1 Å². The smallest absolute Gasteiger partial charge is 0.251 e. The highest BCUT2D eigenvalue weighted by Crippen LogP contribution is 2.36. The summed E-state index contributed by atoms with van der Waals surface area (Å²) in [5.41, 5.74) is 5.95. The monoisotopic (exact) mass is 446 g/mol. The van der Waals surface area contributed by atoms with Crippen molar-refractivity contribution in [1.29, 1.82) is 0 Å². The predicted octanol–water partition coefficient (Wildman–Crippen LogP) is 3.80. The molecule has 3 heterocycles. The summed E-state index contributed by atoms with van der Waals surface area (Å²) in [7, 11) is 3.28. The summed E-state index contributed by atoms with van der Waals surface area (Å²) in [6, 6.07) is 15.2. The topological polar surface area (TPSA) is 80.1 Å². The number of nitrogens with one attached hydrogen (secondary N) is 1. The summed E-state index contributed by atoms with van der Waals surface area (Å²) in [4.78, 5) is 19.7. The molecule has 2 aliphatic heterocycles. The lowest BCUT2D eigenvalue weighted by molar-refractivity contribution is -0.135. The molecule has 0 radical (unpaired) electrons. The van der Waals surface area contributed by atoms with Crippen LogP contribution in [0.3, 0.4) is 0 Å². The van der Waals surface area contributed by atoms with E-state index < -0.39 is 0 Å². The van der Waals surface area contributed by atoms with Gasteiger partial charge < -0.3 is 23.8 Å². The number of oxazole rings is 1. The zero-order chi connectivity index (χ0) is 22.9. The van der Waals surface area contributed by atoms with Crippen LogP contribution in [0.1, 0.15) is 29.5 Å². The molecule has 2 unspecified atom stereocenters. The number of aryl methyl sites for hydroxylation is 1. The van der Waals surface area contributed by atoms with E-state index in [-0.39, 0.29) is 18.0 Å². The number of fused-ring (bicyclic) bond motifs is 1. The van der Waals surface area contributed by atoms with Crippen LogP contribution < -0.4 is 14.9 Å². The highest BCUT2D eigenvalue weighted by atomic mass is 16.5. The number of methoxy groups -OCH3 is 2. The van der Waals surface area contributed by atoms with Gasteiger partial charge in [0, 0.05) is 18.0 Å².